The van der Waals surface area contributed by atoms with Crippen LogP contribution >= 0.6 is 0 Å². The monoisotopic (exact) mass is 484 g/mol. The first-order valence-electron chi connectivity index (χ1n) is 10.8. The topological polar surface area (TPSA) is 283 Å². The van der Waals surface area contributed by atoms with E-state index in [0.29, 0.717) is 0 Å². The molecule has 0 amide bonds. The minimum absolute atomic E-state index is 0.101. The molecule has 2 saturated heterocycles. The molecular weight excluding hydrogens is 448 g/mol. The molecule has 15 heteroatoms. The van der Waals surface area contributed by atoms with Crippen molar-refractivity contribution < 1.29 is 54.7 Å². The molecule has 15 nitrogen and oxygen atoms in total. The van der Waals surface area contributed by atoms with E-state index >= 15 is 0 Å². The highest BCUT2D eigenvalue weighted by Gasteiger charge is 2.51. The van der Waals surface area contributed by atoms with E-state index in [1.54, 1.807) is 0 Å². The molecule has 0 aromatic heterocycles. The summed E-state index contributed by atoms with van der Waals surface area (Å²) in [5, 5.41) is 70.1. The van der Waals surface area contributed by atoms with Crippen LogP contribution in [0.3, 0.4) is 0 Å². The highest BCUT2D eigenvalue weighted by atomic mass is 16.7. The van der Waals surface area contributed by atoms with Gasteiger partial charge in [-0.05, 0) is 6.42 Å². The highest BCUT2D eigenvalue weighted by molar-refractivity contribution is 5.01. The first kappa shape index (κ1) is 27.0. The minimum atomic E-state index is -1.49. The Hall–Kier alpha value is -0.600. The van der Waals surface area contributed by atoms with Gasteiger partial charge in [0.2, 0.25) is 0 Å². The fourth-order valence-corrected chi connectivity index (χ4v) is 4.40. The predicted octanol–water partition coefficient (Wildman–Crippen LogP) is -7.29. The van der Waals surface area contributed by atoms with Crippen LogP contribution in [0.4, 0.5) is 0 Å². The van der Waals surface area contributed by atoms with Crippen molar-refractivity contribution in [1.29, 1.82) is 0 Å². The number of nitrogens with two attached hydrogens (primary N) is 4. The summed E-state index contributed by atoms with van der Waals surface area (Å²) in [6, 6.07) is -4.04. The smallest absolute Gasteiger partial charge is 0.186 e. The fraction of sp³-hybridized carbons (Fsp3) is 1.00. The number of hydrogen-bond acceptors (Lipinski definition) is 15. The number of hydrogen-bond donors (Lipinski definition) is 11. The Morgan fingerprint density at radius 2 is 1.09 bits per heavy atom. The third-order valence-electron chi connectivity index (χ3n) is 6.51. The van der Waals surface area contributed by atoms with Crippen molar-refractivity contribution in [3.63, 3.8) is 0 Å². The second kappa shape index (κ2) is 11.0. The first-order valence-corrected chi connectivity index (χ1v) is 10.8. The summed E-state index contributed by atoms with van der Waals surface area (Å²) >= 11 is 0. The highest BCUT2D eigenvalue weighted by Crippen LogP contribution is 2.30. The van der Waals surface area contributed by atoms with Crippen molar-refractivity contribution in [3.05, 3.63) is 0 Å². The van der Waals surface area contributed by atoms with Crippen LogP contribution in [-0.4, -0.2) is 141 Å². The average molecular weight is 485 g/mol. The van der Waals surface area contributed by atoms with Gasteiger partial charge in [-0.15, -0.1) is 0 Å². The van der Waals surface area contributed by atoms with Crippen molar-refractivity contribution in [2.24, 2.45) is 22.9 Å². The number of rotatable bonds is 6. The van der Waals surface area contributed by atoms with Gasteiger partial charge >= 0.3 is 0 Å². The van der Waals surface area contributed by atoms with E-state index in [-0.39, 0.29) is 6.42 Å². The van der Waals surface area contributed by atoms with Crippen molar-refractivity contribution in [2.45, 2.75) is 98.1 Å². The van der Waals surface area contributed by atoms with Gasteiger partial charge in [0, 0.05) is 12.1 Å². The molecule has 0 radical (unpaired) electrons. The van der Waals surface area contributed by atoms with Crippen molar-refractivity contribution >= 4 is 0 Å². The van der Waals surface area contributed by atoms with Crippen LogP contribution in [0.25, 0.3) is 0 Å². The summed E-state index contributed by atoms with van der Waals surface area (Å²) < 4.78 is 22.3. The van der Waals surface area contributed by atoms with Crippen LogP contribution in [0.15, 0.2) is 0 Å². The number of aliphatic hydroxyl groups is 7. The van der Waals surface area contributed by atoms with Gasteiger partial charge in [0.15, 0.2) is 12.6 Å². The molecular formula is C18H36N4O11. The van der Waals surface area contributed by atoms with E-state index < -0.39 is 105 Å². The summed E-state index contributed by atoms with van der Waals surface area (Å²) in [5.74, 6) is 0. The maximum atomic E-state index is 11.0. The van der Waals surface area contributed by atoms with E-state index in [9.17, 15) is 35.7 Å². The Morgan fingerprint density at radius 3 is 1.64 bits per heavy atom. The van der Waals surface area contributed by atoms with Crippen LogP contribution in [-0.2, 0) is 18.9 Å². The van der Waals surface area contributed by atoms with Gasteiger partial charge in [-0.3, -0.25) is 0 Å². The van der Waals surface area contributed by atoms with Crippen LogP contribution in [0.2, 0.25) is 0 Å². The number of ether oxygens (including phenoxy) is 4. The SMILES string of the molecule is NC1CC(N)C(O[C@H]2O[C@H](CO)[C@@H](O)[C@H](N)[C@H]2O)C(O)C1O[C@H]1O[C@H](CO)[C@@H](O)[C@H](O)[C@H]1N. The Labute approximate surface area is 189 Å². The van der Waals surface area contributed by atoms with Gasteiger partial charge in [-0.2, -0.15) is 0 Å². The lowest BCUT2D eigenvalue weighted by atomic mass is 9.84. The molecule has 15 atom stereocenters. The Bertz CT molecular complexity index is 584. The van der Waals surface area contributed by atoms with Crippen molar-refractivity contribution in [2.75, 3.05) is 13.2 Å². The maximum absolute atomic E-state index is 11.0. The van der Waals surface area contributed by atoms with E-state index in [2.05, 4.69) is 0 Å². The normalized spacial score (nSPS) is 53.7. The average Bonchev–Trinajstić information content (AvgIpc) is 2.79. The van der Waals surface area contributed by atoms with Gasteiger partial charge in [0.05, 0.1) is 25.3 Å². The number of aliphatic hydroxyl groups excluding tert-OH is 7. The zero-order chi connectivity index (χ0) is 24.6. The van der Waals surface area contributed by atoms with Gasteiger partial charge in [0.25, 0.3) is 0 Å². The molecule has 0 spiro atoms. The van der Waals surface area contributed by atoms with Gasteiger partial charge in [0.1, 0.15) is 54.9 Å². The second-order valence-electron chi connectivity index (χ2n) is 8.82. The zero-order valence-electron chi connectivity index (χ0n) is 17.9. The van der Waals surface area contributed by atoms with E-state index in [4.69, 9.17) is 41.9 Å². The summed E-state index contributed by atoms with van der Waals surface area (Å²) in [4.78, 5) is 0. The van der Waals surface area contributed by atoms with Crippen molar-refractivity contribution in [1.82, 2.24) is 0 Å². The third kappa shape index (κ3) is 5.32. The lowest BCUT2D eigenvalue weighted by Crippen LogP contribution is -2.69. The van der Waals surface area contributed by atoms with Gasteiger partial charge in [-0.1, -0.05) is 0 Å². The molecule has 0 aromatic carbocycles. The molecule has 5 unspecified atom stereocenters. The van der Waals surface area contributed by atoms with Crippen molar-refractivity contribution in [3.8, 4) is 0 Å². The molecule has 33 heavy (non-hydrogen) atoms. The van der Waals surface area contributed by atoms with Crippen LogP contribution in [0.1, 0.15) is 6.42 Å². The maximum Gasteiger partial charge on any atom is 0.186 e. The molecule has 2 heterocycles. The van der Waals surface area contributed by atoms with Gasteiger partial charge in [-0.25, -0.2) is 0 Å². The fourth-order valence-electron chi connectivity index (χ4n) is 4.40. The van der Waals surface area contributed by atoms with E-state index in [0.717, 1.165) is 0 Å². The molecule has 1 saturated carbocycles. The zero-order valence-corrected chi connectivity index (χ0v) is 17.9. The molecule has 194 valence electrons. The molecule has 15 N–H and O–H groups in total. The Morgan fingerprint density at radius 1 is 0.606 bits per heavy atom. The lowest BCUT2D eigenvalue weighted by Gasteiger charge is -2.48. The van der Waals surface area contributed by atoms with E-state index in [1.165, 1.54) is 0 Å². The largest absolute Gasteiger partial charge is 0.394 e. The van der Waals surface area contributed by atoms with Crippen LogP contribution < -0.4 is 22.9 Å². The molecule has 1 aliphatic carbocycles. The summed E-state index contributed by atoms with van der Waals surface area (Å²) in [5.41, 5.74) is 23.9. The standard InChI is InChI=1S/C18H36N4O11/c19-4-1-5(20)16(33-18-13(28)8(21)10(25)6(2-23)31-18)14(29)15(4)32-17-9(22)12(27)11(26)7(3-24)30-17/h4-18,23-29H,1-3,19-22H2/t4?,5?,6-,7-,8+,9-,10-,11-,12-,13-,14?,15?,16?,17-,18-/m1/s1. The molecule has 0 aromatic rings. The van der Waals surface area contributed by atoms with Gasteiger partial charge < -0.3 is 77.6 Å². The van der Waals surface area contributed by atoms with E-state index in [1.807, 2.05) is 0 Å². The molecule has 3 rings (SSSR count). The Balaban J connectivity index is 1.72. The molecule has 3 aliphatic rings. The summed E-state index contributed by atoms with van der Waals surface area (Å²) in [6.07, 6.45) is -14.5. The van der Waals surface area contributed by atoms with Crippen LogP contribution in [0, 0.1) is 0 Å². The predicted molar refractivity (Wildman–Crippen MR) is 108 cm³/mol. The van der Waals surface area contributed by atoms with Crippen LogP contribution in [0.5, 0.6) is 0 Å². The molecule has 3 fully saturated rings. The second-order valence-corrected chi connectivity index (χ2v) is 8.82. The Kier molecular flexibility index (Phi) is 8.99. The first-order chi connectivity index (χ1) is 15.5. The quantitative estimate of drug-likeness (QED) is 0.167. The summed E-state index contributed by atoms with van der Waals surface area (Å²) in [6.45, 7) is -1.20. The molecule has 2 aliphatic heterocycles. The summed E-state index contributed by atoms with van der Waals surface area (Å²) in [7, 11) is 0. The minimum Gasteiger partial charge on any atom is -0.394 e. The molecule has 0 bridgehead atoms. The lowest BCUT2D eigenvalue weighted by molar-refractivity contribution is -0.320. The third-order valence-corrected chi connectivity index (χ3v) is 6.51.